The normalized spacial score (nSPS) is 20.5. The minimum Gasteiger partial charge on any atom is -0.496 e. The molecule has 196 valence electrons. The Hall–Kier alpha value is -1.97. The van der Waals surface area contributed by atoms with Gasteiger partial charge in [-0.1, -0.05) is 0 Å². The zero-order chi connectivity index (χ0) is 26.0. The molecule has 2 aliphatic heterocycles. The summed E-state index contributed by atoms with van der Waals surface area (Å²) in [6, 6.07) is 4.00. The van der Waals surface area contributed by atoms with Crippen LogP contribution in [-0.2, 0) is 20.6 Å². The van der Waals surface area contributed by atoms with Gasteiger partial charge in [-0.25, -0.2) is 4.79 Å². The molecule has 9 heteroatoms. The van der Waals surface area contributed by atoms with Crippen molar-refractivity contribution in [2.75, 3.05) is 33.9 Å². The monoisotopic (exact) mass is 490 g/mol. The topological polar surface area (TPSA) is 78.5 Å². The lowest BCUT2D eigenvalue weighted by Crippen LogP contribution is -2.41. The molecule has 0 atom stereocenters. The summed E-state index contributed by atoms with van der Waals surface area (Å²) < 4.78 is 29.4. The molecule has 8 nitrogen and oxygen atoms in total. The SMILES string of the molecule is COc1cc(B2OC(C)(C)C(C)(C)O2)cc(OC)c1CN1CCC(CNC(=O)OC(C)(C)C)CC1. The number of alkyl carbamates (subject to hydrolysis) is 1. The van der Waals surface area contributed by atoms with Crippen LogP contribution in [0.15, 0.2) is 12.1 Å². The van der Waals surface area contributed by atoms with Crippen LogP contribution in [0.1, 0.15) is 66.9 Å². The number of likely N-dealkylation sites (tertiary alicyclic amines) is 1. The summed E-state index contributed by atoms with van der Waals surface area (Å²) in [7, 11) is 2.88. The number of carbonyl (C=O) groups is 1. The second-order valence-electron chi connectivity index (χ2n) is 11.6. The van der Waals surface area contributed by atoms with Crippen LogP contribution in [0.25, 0.3) is 0 Å². The molecule has 1 aromatic carbocycles. The van der Waals surface area contributed by atoms with Gasteiger partial charge in [-0.3, -0.25) is 4.90 Å². The standard InChI is InChI=1S/C26H43BN2O6/c1-24(2,3)33-23(30)28-16-18-10-12-29(13-11-18)17-20-21(31-8)14-19(15-22(20)32-9)27-34-25(4,5)26(6,7)35-27/h14-15,18H,10-13,16-17H2,1-9H3,(H,28,30). The molecule has 2 heterocycles. The summed E-state index contributed by atoms with van der Waals surface area (Å²) >= 11 is 0. The van der Waals surface area contributed by atoms with E-state index in [1.807, 2.05) is 60.6 Å². The van der Waals surface area contributed by atoms with Gasteiger partial charge in [0.2, 0.25) is 0 Å². The molecule has 0 aliphatic carbocycles. The number of methoxy groups -OCH3 is 2. The Morgan fingerprint density at radius 1 is 1.06 bits per heavy atom. The molecule has 3 rings (SSSR count). The van der Waals surface area contributed by atoms with Crippen molar-refractivity contribution in [3.63, 3.8) is 0 Å². The van der Waals surface area contributed by atoms with Crippen LogP contribution in [0, 0.1) is 5.92 Å². The highest BCUT2D eigenvalue weighted by Crippen LogP contribution is 2.38. The van der Waals surface area contributed by atoms with Gasteiger partial charge < -0.3 is 28.8 Å². The third-order valence-corrected chi connectivity index (χ3v) is 7.18. The summed E-state index contributed by atoms with van der Waals surface area (Å²) in [4.78, 5) is 14.4. The minimum atomic E-state index is -0.483. The van der Waals surface area contributed by atoms with E-state index in [0.29, 0.717) is 12.5 Å². The Bertz CT molecular complexity index is 849. The van der Waals surface area contributed by atoms with Crippen molar-refractivity contribution in [1.82, 2.24) is 10.2 Å². The molecule has 1 amide bonds. The highest BCUT2D eigenvalue weighted by Gasteiger charge is 2.52. The van der Waals surface area contributed by atoms with Crippen LogP contribution in [-0.4, -0.2) is 68.8 Å². The molecule has 0 aromatic heterocycles. The van der Waals surface area contributed by atoms with Crippen molar-refractivity contribution >= 4 is 18.7 Å². The van der Waals surface area contributed by atoms with E-state index >= 15 is 0 Å². The Balaban J connectivity index is 1.62. The predicted octanol–water partition coefficient (Wildman–Crippen LogP) is 3.74. The fraction of sp³-hybridized carbons (Fsp3) is 0.731. The van der Waals surface area contributed by atoms with Crippen molar-refractivity contribution in [1.29, 1.82) is 0 Å². The van der Waals surface area contributed by atoms with Gasteiger partial charge in [0.25, 0.3) is 0 Å². The number of benzene rings is 1. The van der Waals surface area contributed by atoms with E-state index in [4.69, 9.17) is 23.5 Å². The quantitative estimate of drug-likeness (QED) is 0.584. The van der Waals surface area contributed by atoms with Crippen LogP contribution < -0.4 is 20.3 Å². The lowest BCUT2D eigenvalue weighted by molar-refractivity contribution is 0.00578. The third-order valence-electron chi connectivity index (χ3n) is 7.18. The van der Waals surface area contributed by atoms with Gasteiger partial charge in [0.15, 0.2) is 0 Å². The van der Waals surface area contributed by atoms with Gasteiger partial charge in [0, 0.05) is 13.1 Å². The van der Waals surface area contributed by atoms with Crippen molar-refractivity contribution < 1.29 is 28.3 Å². The van der Waals surface area contributed by atoms with Gasteiger partial charge in [-0.2, -0.15) is 0 Å². The van der Waals surface area contributed by atoms with Gasteiger partial charge in [0.05, 0.1) is 31.0 Å². The number of hydrogen-bond donors (Lipinski definition) is 1. The number of carbonyl (C=O) groups excluding carboxylic acids is 1. The Morgan fingerprint density at radius 2 is 1.57 bits per heavy atom. The van der Waals surface area contributed by atoms with Crippen LogP contribution in [0.2, 0.25) is 0 Å². The number of ether oxygens (including phenoxy) is 3. The average molecular weight is 490 g/mol. The number of hydrogen-bond acceptors (Lipinski definition) is 7. The smallest absolute Gasteiger partial charge is 0.495 e. The zero-order valence-electron chi connectivity index (χ0n) is 22.9. The number of amides is 1. The first-order valence-electron chi connectivity index (χ1n) is 12.5. The molecule has 35 heavy (non-hydrogen) atoms. The van der Waals surface area contributed by atoms with E-state index in [9.17, 15) is 4.79 Å². The van der Waals surface area contributed by atoms with Gasteiger partial charge in [-0.15, -0.1) is 0 Å². The Labute approximate surface area is 211 Å². The third kappa shape index (κ3) is 6.83. The highest BCUT2D eigenvalue weighted by atomic mass is 16.7. The highest BCUT2D eigenvalue weighted by molar-refractivity contribution is 6.62. The maximum absolute atomic E-state index is 12.0. The van der Waals surface area contributed by atoms with Crippen LogP contribution in [0.3, 0.4) is 0 Å². The lowest BCUT2D eigenvalue weighted by atomic mass is 9.78. The maximum atomic E-state index is 12.0. The first-order chi connectivity index (χ1) is 16.2. The molecule has 0 spiro atoms. The van der Waals surface area contributed by atoms with E-state index in [-0.39, 0.29) is 6.09 Å². The zero-order valence-corrected chi connectivity index (χ0v) is 22.9. The summed E-state index contributed by atoms with van der Waals surface area (Å²) in [5, 5.41) is 2.91. The molecule has 0 unspecified atom stereocenters. The van der Waals surface area contributed by atoms with E-state index in [1.165, 1.54) is 0 Å². The van der Waals surface area contributed by atoms with Gasteiger partial charge >= 0.3 is 13.2 Å². The van der Waals surface area contributed by atoms with Crippen LogP contribution in [0.4, 0.5) is 4.79 Å². The molecule has 2 saturated heterocycles. The number of nitrogens with zero attached hydrogens (tertiary/aromatic N) is 1. The predicted molar refractivity (Wildman–Crippen MR) is 137 cm³/mol. The number of nitrogens with one attached hydrogen (secondary N) is 1. The first kappa shape index (κ1) is 27.6. The van der Waals surface area contributed by atoms with Crippen molar-refractivity contribution in [3.05, 3.63) is 17.7 Å². The molecule has 1 N–H and O–H groups in total. The molecule has 0 radical (unpaired) electrons. The fourth-order valence-electron chi connectivity index (χ4n) is 4.39. The first-order valence-corrected chi connectivity index (χ1v) is 12.5. The summed E-state index contributed by atoms with van der Waals surface area (Å²) in [6.45, 7) is 17.0. The molecule has 2 aliphatic rings. The number of rotatable bonds is 7. The Kier molecular flexibility index (Phi) is 8.34. The summed E-state index contributed by atoms with van der Waals surface area (Å²) in [5.74, 6) is 1.97. The Morgan fingerprint density at radius 3 is 2.03 bits per heavy atom. The van der Waals surface area contributed by atoms with Crippen LogP contribution in [0.5, 0.6) is 11.5 Å². The second-order valence-corrected chi connectivity index (χ2v) is 11.6. The second kappa shape index (κ2) is 10.6. The summed E-state index contributed by atoms with van der Waals surface area (Å²) in [6.07, 6.45) is 1.66. The number of piperidine rings is 1. The lowest BCUT2D eigenvalue weighted by Gasteiger charge is -2.33. The molecule has 1 aromatic rings. The van der Waals surface area contributed by atoms with E-state index in [1.54, 1.807) is 14.2 Å². The van der Waals surface area contributed by atoms with E-state index in [0.717, 1.165) is 55.0 Å². The molecule has 0 saturated carbocycles. The van der Waals surface area contributed by atoms with Crippen molar-refractivity contribution in [2.45, 2.75) is 84.7 Å². The van der Waals surface area contributed by atoms with Gasteiger partial charge in [0.1, 0.15) is 17.1 Å². The largest absolute Gasteiger partial charge is 0.496 e. The van der Waals surface area contributed by atoms with Crippen molar-refractivity contribution in [3.8, 4) is 11.5 Å². The van der Waals surface area contributed by atoms with Crippen molar-refractivity contribution in [2.24, 2.45) is 5.92 Å². The molecular formula is C26H43BN2O6. The summed E-state index contributed by atoms with van der Waals surface area (Å²) in [5.41, 5.74) is 0.580. The van der Waals surface area contributed by atoms with E-state index < -0.39 is 23.9 Å². The van der Waals surface area contributed by atoms with Gasteiger partial charge in [-0.05, 0) is 97.9 Å². The maximum Gasteiger partial charge on any atom is 0.495 e. The van der Waals surface area contributed by atoms with Crippen LogP contribution >= 0.6 is 0 Å². The minimum absolute atomic E-state index is 0.350. The fourth-order valence-corrected chi connectivity index (χ4v) is 4.39. The molecular weight excluding hydrogens is 447 g/mol. The average Bonchev–Trinajstić information content (AvgIpc) is 2.99. The molecule has 0 bridgehead atoms. The molecule has 2 fully saturated rings. The van der Waals surface area contributed by atoms with E-state index in [2.05, 4.69) is 10.2 Å².